The van der Waals surface area contributed by atoms with Crippen molar-refractivity contribution in [3.8, 4) is 0 Å². The van der Waals surface area contributed by atoms with E-state index < -0.39 is 0 Å². The first kappa shape index (κ1) is 12.0. The standard InChI is InChI=1S/C15H17N3O/c19-15(17-12-6-2-3-7-12)18-13-9-11-5-1-4-8-14(11)16-10-13/h1,4-5,8-10,12H,2-3,6-7H2,(H2,17,18,19). The summed E-state index contributed by atoms with van der Waals surface area (Å²) >= 11 is 0. The maximum Gasteiger partial charge on any atom is 0.319 e. The number of rotatable bonds is 2. The lowest BCUT2D eigenvalue weighted by atomic mass is 10.2. The lowest BCUT2D eigenvalue weighted by Crippen LogP contribution is -2.36. The topological polar surface area (TPSA) is 54.0 Å². The van der Waals surface area contributed by atoms with Crippen LogP contribution in [-0.2, 0) is 0 Å². The van der Waals surface area contributed by atoms with Crippen molar-refractivity contribution in [1.82, 2.24) is 10.3 Å². The second kappa shape index (κ2) is 5.26. The van der Waals surface area contributed by atoms with Crippen LogP contribution in [0.25, 0.3) is 10.9 Å². The van der Waals surface area contributed by atoms with Gasteiger partial charge in [0.25, 0.3) is 0 Å². The fourth-order valence-corrected chi connectivity index (χ4v) is 2.56. The van der Waals surface area contributed by atoms with Crippen molar-refractivity contribution in [2.24, 2.45) is 0 Å². The molecule has 1 aliphatic rings. The van der Waals surface area contributed by atoms with Gasteiger partial charge >= 0.3 is 6.03 Å². The number of carbonyl (C=O) groups is 1. The third-order valence-corrected chi connectivity index (χ3v) is 3.54. The maximum atomic E-state index is 11.9. The number of aromatic nitrogens is 1. The van der Waals surface area contributed by atoms with Gasteiger partial charge in [0.05, 0.1) is 17.4 Å². The van der Waals surface area contributed by atoms with E-state index in [4.69, 9.17) is 0 Å². The highest BCUT2D eigenvalue weighted by Crippen LogP contribution is 2.18. The Kier molecular flexibility index (Phi) is 3.31. The van der Waals surface area contributed by atoms with Crippen molar-refractivity contribution in [2.45, 2.75) is 31.7 Å². The number of nitrogens with zero attached hydrogens (tertiary/aromatic N) is 1. The highest BCUT2D eigenvalue weighted by molar-refractivity contribution is 5.92. The first-order valence-corrected chi connectivity index (χ1v) is 6.73. The zero-order valence-corrected chi connectivity index (χ0v) is 10.7. The molecular weight excluding hydrogens is 238 g/mol. The van der Waals surface area contributed by atoms with Gasteiger partial charge in [-0.05, 0) is 25.0 Å². The Hall–Kier alpha value is -2.10. The highest BCUT2D eigenvalue weighted by atomic mass is 16.2. The van der Waals surface area contributed by atoms with Crippen molar-refractivity contribution >= 4 is 22.6 Å². The molecule has 2 amide bonds. The summed E-state index contributed by atoms with van der Waals surface area (Å²) in [6.07, 6.45) is 6.29. The Bertz CT molecular complexity index is 591. The van der Waals surface area contributed by atoms with Gasteiger partial charge < -0.3 is 10.6 Å². The molecule has 0 saturated heterocycles. The van der Waals surface area contributed by atoms with E-state index in [0.29, 0.717) is 6.04 Å². The average molecular weight is 255 g/mol. The van der Waals surface area contributed by atoms with E-state index in [1.54, 1.807) is 6.20 Å². The van der Waals surface area contributed by atoms with Crippen molar-refractivity contribution in [3.63, 3.8) is 0 Å². The fraction of sp³-hybridized carbons (Fsp3) is 0.333. The van der Waals surface area contributed by atoms with Crippen LogP contribution in [-0.4, -0.2) is 17.1 Å². The molecule has 1 heterocycles. The summed E-state index contributed by atoms with van der Waals surface area (Å²) in [4.78, 5) is 16.2. The Morgan fingerprint density at radius 2 is 2.00 bits per heavy atom. The number of para-hydroxylation sites is 1. The summed E-state index contributed by atoms with van der Waals surface area (Å²) in [6, 6.07) is 10.00. The zero-order valence-electron chi connectivity index (χ0n) is 10.7. The third-order valence-electron chi connectivity index (χ3n) is 3.54. The predicted molar refractivity (Wildman–Crippen MR) is 76.2 cm³/mol. The number of nitrogens with one attached hydrogen (secondary N) is 2. The van der Waals surface area contributed by atoms with E-state index >= 15 is 0 Å². The molecule has 2 aromatic rings. The van der Waals surface area contributed by atoms with E-state index in [2.05, 4.69) is 15.6 Å². The van der Waals surface area contributed by atoms with E-state index in [-0.39, 0.29) is 6.03 Å². The predicted octanol–water partition coefficient (Wildman–Crippen LogP) is 3.30. The Morgan fingerprint density at radius 3 is 2.84 bits per heavy atom. The second-order valence-corrected chi connectivity index (χ2v) is 5.00. The van der Waals surface area contributed by atoms with Gasteiger partial charge in [0.2, 0.25) is 0 Å². The molecule has 1 aliphatic carbocycles. The molecule has 1 saturated carbocycles. The van der Waals surface area contributed by atoms with Gasteiger partial charge in [-0.15, -0.1) is 0 Å². The molecule has 19 heavy (non-hydrogen) atoms. The fourth-order valence-electron chi connectivity index (χ4n) is 2.56. The van der Waals surface area contributed by atoms with E-state index in [9.17, 15) is 4.79 Å². The van der Waals surface area contributed by atoms with Crippen LogP contribution in [0.2, 0.25) is 0 Å². The number of hydrogen-bond donors (Lipinski definition) is 2. The van der Waals surface area contributed by atoms with Gasteiger partial charge in [-0.2, -0.15) is 0 Å². The minimum atomic E-state index is -0.135. The number of pyridine rings is 1. The lowest BCUT2D eigenvalue weighted by Gasteiger charge is -2.13. The Labute approximate surface area is 112 Å². The number of hydrogen-bond acceptors (Lipinski definition) is 2. The van der Waals surface area contributed by atoms with Crippen LogP contribution in [0.5, 0.6) is 0 Å². The number of carbonyl (C=O) groups excluding carboxylic acids is 1. The van der Waals surface area contributed by atoms with Crippen molar-refractivity contribution < 1.29 is 4.79 Å². The summed E-state index contributed by atoms with van der Waals surface area (Å²) in [5, 5.41) is 6.87. The summed E-state index contributed by atoms with van der Waals surface area (Å²) < 4.78 is 0. The summed E-state index contributed by atoms with van der Waals surface area (Å²) in [5.41, 5.74) is 1.67. The number of urea groups is 1. The van der Waals surface area contributed by atoms with Crippen LogP contribution in [0.4, 0.5) is 10.5 Å². The van der Waals surface area contributed by atoms with Crippen LogP contribution >= 0.6 is 0 Å². The lowest BCUT2D eigenvalue weighted by molar-refractivity contribution is 0.248. The van der Waals surface area contributed by atoms with E-state index in [0.717, 1.165) is 29.4 Å². The molecule has 4 nitrogen and oxygen atoms in total. The Balaban J connectivity index is 1.68. The summed E-state index contributed by atoms with van der Waals surface area (Å²) in [6.45, 7) is 0. The van der Waals surface area contributed by atoms with Crippen molar-refractivity contribution in [3.05, 3.63) is 36.5 Å². The van der Waals surface area contributed by atoms with Crippen LogP contribution in [0.1, 0.15) is 25.7 Å². The largest absolute Gasteiger partial charge is 0.335 e. The molecule has 0 atom stereocenters. The van der Waals surface area contributed by atoms with Gasteiger partial charge in [0.15, 0.2) is 0 Å². The first-order valence-electron chi connectivity index (χ1n) is 6.73. The van der Waals surface area contributed by atoms with Gasteiger partial charge in [-0.25, -0.2) is 4.79 Å². The zero-order chi connectivity index (χ0) is 13.1. The molecule has 1 aromatic carbocycles. The Morgan fingerprint density at radius 1 is 1.21 bits per heavy atom. The molecule has 0 radical (unpaired) electrons. The first-order chi connectivity index (χ1) is 9.31. The molecule has 3 rings (SSSR count). The molecule has 0 unspecified atom stereocenters. The van der Waals surface area contributed by atoms with Crippen LogP contribution in [0, 0.1) is 0 Å². The van der Waals surface area contributed by atoms with Crippen LogP contribution in [0.15, 0.2) is 36.5 Å². The molecule has 1 fully saturated rings. The molecular formula is C15H17N3O. The molecule has 0 aliphatic heterocycles. The number of anilines is 1. The smallest absolute Gasteiger partial charge is 0.319 e. The molecule has 0 spiro atoms. The molecule has 4 heteroatoms. The molecule has 98 valence electrons. The highest BCUT2D eigenvalue weighted by Gasteiger charge is 2.16. The molecule has 1 aromatic heterocycles. The van der Waals surface area contributed by atoms with Crippen LogP contribution in [0.3, 0.4) is 0 Å². The minimum Gasteiger partial charge on any atom is -0.335 e. The van der Waals surface area contributed by atoms with Gasteiger partial charge in [-0.3, -0.25) is 4.98 Å². The van der Waals surface area contributed by atoms with E-state index in [1.165, 1.54) is 12.8 Å². The van der Waals surface area contributed by atoms with Gasteiger partial charge in [0, 0.05) is 11.4 Å². The number of fused-ring (bicyclic) bond motifs is 1. The minimum absolute atomic E-state index is 0.135. The number of amides is 2. The SMILES string of the molecule is O=C(Nc1cnc2ccccc2c1)NC1CCCC1. The van der Waals surface area contributed by atoms with Crippen molar-refractivity contribution in [1.29, 1.82) is 0 Å². The monoisotopic (exact) mass is 255 g/mol. The summed E-state index contributed by atoms with van der Waals surface area (Å²) in [7, 11) is 0. The van der Waals surface area contributed by atoms with Crippen LogP contribution < -0.4 is 10.6 Å². The van der Waals surface area contributed by atoms with Gasteiger partial charge in [0.1, 0.15) is 0 Å². The molecule has 2 N–H and O–H groups in total. The number of benzene rings is 1. The third kappa shape index (κ3) is 2.84. The maximum absolute atomic E-state index is 11.9. The quantitative estimate of drug-likeness (QED) is 0.865. The molecule has 0 bridgehead atoms. The average Bonchev–Trinajstić information content (AvgIpc) is 2.91. The summed E-state index contributed by atoms with van der Waals surface area (Å²) in [5.74, 6) is 0. The second-order valence-electron chi connectivity index (χ2n) is 5.00. The normalized spacial score (nSPS) is 15.6. The van der Waals surface area contributed by atoms with E-state index in [1.807, 2.05) is 30.3 Å². The van der Waals surface area contributed by atoms with Crippen molar-refractivity contribution in [2.75, 3.05) is 5.32 Å². The van der Waals surface area contributed by atoms with Gasteiger partial charge in [-0.1, -0.05) is 31.0 Å².